The zero-order valence-corrected chi connectivity index (χ0v) is 16.4. The third kappa shape index (κ3) is 3.35. The van der Waals surface area contributed by atoms with Crippen LogP contribution >= 0.6 is 0 Å². The molecule has 1 aliphatic rings. The SMILES string of the molecule is Cc1cc(C(=O)CN2C(=O)C(=O)N(C(C)C)C2=O)c(C)n1Cc1ccccc1. The molecule has 1 fully saturated rings. The number of imide groups is 2. The lowest BCUT2D eigenvalue weighted by atomic mass is 10.1. The highest BCUT2D eigenvalue weighted by atomic mass is 16.2. The van der Waals surface area contributed by atoms with Gasteiger partial charge in [-0.15, -0.1) is 0 Å². The first-order valence-corrected chi connectivity index (χ1v) is 9.15. The van der Waals surface area contributed by atoms with Gasteiger partial charge >= 0.3 is 17.8 Å². The molecule has 7 heteroatoms. The van der Waals surface area contributed by atoms with Gasteiger partial charge in [0.1, 0.15) is 0 Å². The average molecular weight is 381 g/mol. The Hall–Kier alpha value is -3.22. The highest BCUT2D eigenvalue weighted by Crippen LogP contribution is 2.20. The molecule has 28 heavy (non-hydrogen) atoms. The van der Waals surface area contributed by atoms with Gasteiger partial charge in [-0.1, -0.05) is 30.3 Å². The number of aryl methyl sites for hydroxylation is 1. The summed E-state index contributed by atoms with van der Waals surface area (Å²) in [4.78, 5) is 51.0. The number of carbonyl (C=O) groups is 4. The first kappa shape index (κ1) is 19.5. The first-order chi connectivity index (χ1) is 13.2. The lowest BCUT2D eigenvalue weighted by molar-refractivity contribution is -0.143. The fourth-order valence-electron chi connectivity index (χ4n) is 3.44. The lowest BCUT2D eigenvalue weighted by Gasteiger charge is -2.18. The topological polar surface area (TPSA) is 79.7 Å². The number of hydrogen-bond acceptors (Lipinski definition) is 4. The van der Waals surface area contributed by atoms with Crippen molar-refractivity contribution in [2.24, 2.45) is 0 Å². The minimum Gasteiger partial charge on any atom is -0.344 e. The average Bonchev–Trinajstić information content (AvgIpc) is 3.05. The fourth-order valence-corrected chi connectivity index (χ4v) is 3.44. The van der Waals surface area contributed by atoms with E-state index in [4.69, 9.17) is 0 Å². The van der Waals surface area contributed by atoms with E-state index in [0.717, 1.165) is 26.8 Å². The predicted octanol–water partition coefficient (Wildman–Crippen LogP) is 2.54. The summed E-state index contributed by atoms with van der Waals surface area (Å²) in [7, 11) is 0. The Morgan fingerprint density at radius 2 is 1.64 bits per heavy atom. The number of hydrogen-bond donors (Lipinski definition) is 0. The van der Waals surface area contributed by atoms with E-state index in [1.165, 1.54) is 0 Å². The van der Waals surface area contributed by atoms with Crippen LogP contribution in [0.15, 0.2) is 36.4 Å². The molecule has 0 unspecified atom stereocenters. The fraction of sp³-hybridized carbons (Fsp3) is 0.333. The summed E-state index contributed by atoms with van der Waals surface area (Å²) in [5.74, 6) is -2.21. The first-order valence-electron chi connectivity index (χ1n) is 9.15. The second-order valence-electron chi connectivity index (χ2n) is 7.22. The van der Waals surface area contributed by atoms with Gasteiger partial charge < -0.3 is 4.57 Å². The van der Waals surface area contributed by atoms with Gasteiger partial charge in [0.25, 0.3) is 0 Å². The zero-order chi connectivity index (χ0) is 20.6. The molecule has 0 aliphatic carbocycles. The molecule has 146 valence electrons. The Morgan fingerprint density at radius 1 is 1.00 bits per heavy atom. The highest BCUT2D eigenvalue weighted by Gasteiger charge is 2.46. The van der Waals surface area contributed by atoms with E-state index < -0.39 is 30.4 Å². The van der Waals surface area contributed by atoms with Gasteiger partial charge in [0.15, 0.2) is 5.78 Å². The third-order valence-electron chi connectivity index (χ3n) is 4.96. The largest absolute Gasteiger partial charge is 0.344 e. The van der Waals surface area contributed by atoms with Crippen LogP contribution in [0.4, 0.5) is 4.79 Å². The van der Waals surface area contributed by atoms with Crippen LogP contribution in [-0.4, -0.2) is 50.6 Å². The van der Waals surface area contributed by atoms with Gasteiger partial charge in [0.2, 0.25) is 0 Å². The van der Waals surface area contributed by atoms with Crippen molar-refractivity contribution in [2.75, 3.05) is 6.54 Å². The summed E-state index contributed by atoms with van der Waals surface area (Å²) in [5.41, 5.74) is 3.22. The number of benzene rings is 1. The molecule has 0 bridgehead atoms. The molecule has 0 radical (unpaired) electrons. The van der Waals surface area contributed by atoms with E-state index >= 15 is 0 Å². The normalized spacial score (nSPS) is 14.5. The molecule has 1 aromatic heterocycles. The van der Waals surface area contributed by atoms with Crippen molar-refractivity contribution < 1.29 is 19.2 Å². The maximum atomic E-state index is 12.8. The van der Waals surface area contributed by atoms with Crippen molar-refractivity contribution in [3.05, 3.63) is 58.9 Å². The van der Waals surface area contributed by atoms with Crippen LogP contribution in [0.25, 0.3) is 0 Å². The standard InChI is InChI=1S/C21H23N3O4/c1-13(2)24-20(27)19(26)23(21(24)28)12-18(25)17-10-14(3)22(15(17)4)11-16-8-6-5-7-9-16/h5-10,13H,11-12H2,1-4H3. The van der Waals surface area contributed by atoms with Crippen molar-refractivity contribution in [2.45, 2.75) is 40.3 Å². The Bertz CT molecular complexity index is 960. The molecule has 3 rings (SSSR count). The van der Waals surface area contributed by atoms with Crippen molar-refractivity contribution in [1.82, 2.24) is 14.4 Å². The maximum Gasteiger partial charge on any atom is 0.334 e. The number of Topliss-reactive ketones (excluding diaryl/α,β-unsaturated/α-hetero) is 1. The summed E-state index contributed by atoms with van der Waals surface area (Å²) in [5, 5.41) is 0. The van der Waals surface area contributed by atoms with Gasteiger partial charge in [-0.25, -0.2) is 9.69 Å². The molecule has 4 amide bonds. The second kappa shape index (κ2) is 7.42. The number of aromatic nitrogens is 1. The van der Waals surface area contributed by atoms with Crippen LogP contribution in [0.1, 0.15) is 41.2 Å². The van der Waals surface area contributed by atoms with Crippen molar-refractivity contribution in [3.8, 4) is 0 Å². The Labute approximate surface area is 163 Å². The van der Waals surface area contributed by atoms with Crippen LogP contribution in [0.3, 0.4) is 0 Å². The van der Waals surface area contributed by atoms with Crippen LogP contribution in [0, 0.1) is 13.8 Å². The minimum absolute atomic E-state index is 0.368. The predicted molar refractivity (Wildman–Crippen MR) is 103 cm³/mol. The zero-order valence-electron chi connectivity index (χ0n) is 16.4. The molecule has 0 spiro atoms. The van der Waals surface area contributed by atoms with E-state index in [0.29, 0.717) is 12.1 Å². The van der Waals surface area contributed by atoms with Gasteiger partial charge in [-0.3, -0.25) is 19.3 Å². The number of urea groups is 1. The number of ketones is 1. The molecular weight excluding hydrogens is 358 g/mol. The monoisotopic (exact) mass is 381 g/mol. The molecular formula is C21H23N3O4. The highest BCUT2D eigenvalue weighted by molar-refractivity contribution is 6.45. The molecule has 0 saturated carbocycles. The Morgan fingerprint density at radius 3 is 2.21 bits per heavy atom. The van der Waals surface area contributed by atoms with E-state index in [2.05, 4.69) is 0 Å². The molecule has 0 atom stereocenters. The van der Waals surface area contributed by atoms with E-state index in [1.807, 2.05) is 48.7 Å². The minimum atomic E-state index is -0.954. The molecule has 1 saturated heterocycles. The third-order valence-corrected chi connectivity index (χ3v) is 4.96. The van der Waals surface area contributed by atoms with E-state index in [1.54, 1.807) is 19.9 Å². The second-order valence-corrected chi connectivity index (χ2v) is 7.22. The number of rotatable bonds is 6. The Balaban J connectivity index is 1.82. The van der Waals surface area contributed by atoms with Crippen LogP contribution in [-0.2, 0) is 16.1 Å². The molecule has 2 heterocycles. The van der Waals surface area contributed by atoms with E-state index in [-0.39, 0.29) is 5.78 Å². The number of amides is 4. The van der Waals surface area contributed by atoms with Gasteiger partial charge in [-0.2, -0.15) is 0 Å². The van der Waals surface area contributed by atoms with E-state index in [9.17, 15) is 19.2 Å². The lowest BCUT2D eigenvalue weighted by Crippen LogP contribution is -2.39. The summed E-state index contributed by atoms with van der Waals surface area (Å²) >= 11 is 0. The summed E-state index contributed by atoms with van der Waals surface area (Å²) in [6, 6.07) is 10.4. The van der Waals surface area contributed by atoms with Crippen molar-refractivity contribution >= 4 is 23.6 Å². The number of nitrogens with zero attached hydrogens (tertiary/aromatic N) is 3. The molecule has 2 aromatic rings. The summed E-state index contributed by atoms with van der Waals surface area (Å²) in [6.45, 7) is 7.21. The smallest absolute Gasteiger partial charge is 0.334 e. The quantitative estimate of drug-likeness (QED) is 0.438. The number of carbonyl (C=O) groups excluding carboxylic acids is 4. The summed E-state index contributed by atoms with van der Waals surface area (Å²) < 4.78 is 2.02. The van der Waals surface area contributed by atoms with Gasteiger partial charge in [0.05, 0.1) is 6.54 Å². The molecule has 1 aromatic carbocycles. The molecule has 1 aliphatic heterocycles. The van der Waals surface area contributed by atoms with Gasteiger partial charge in [0, 0.05) is 29.5 Å². The van der Waals surface area contributed by atoms with Crippen molar-refractivity contribution in [3.63, 3.8) is 0 Å². The van der Waals surface area contributed by atoms with Crippen molar-refractivity contribution in [1.29, 1.82) is 0 Å². The Kier molecular flexibility index (Phi) is 5.18. The maximum absolute atomic E-state index is 12.8. The molecule has 7 nitrogen and oxygen atoms in total. The van der Waals surface area contributed by atoms with Crippen LogP contribution < -0.4 is 0 Å². The molecule has 0 N–H and O–H groups in total. The van der Waals surface area contributed by atoms with Crippen LogP contribution in [0.5, 0.6) is 0 Å². The van der Waals surface area contributed by atoms with Crippen LogP contribution in [0.2, 0.25) is 0 Å². The van der Waals surface area contributed by atoms with Gasteiger partial charge in [-0.05, 0) is 39.3 Å². The summed E-state index contributed by atoms with van der Waals surface area (Å²) in [6.07, 6.45) is 0.